The summed E-state index contributed by atoms with van der Waals surface area (Å²) in [6.45, 7) is 16.3. The molecule has 1 aromatic carbocycles. The smallest absolute Gasteiger partial charge is 0.410 e. The first kappa shape index (κ1) is 34.6. The topological polar surface area (TPSA) is 136 Å². The van der Waals surface area contributed by atoms with Crippen LogP contribution in [-0.4, -0.2) is 139 Å². The number of aromatic nitrogens is 2. The number of hydrogen-bond donors (Lipinski definition) is 3. The minimum absolute atomic E-state index is 0.0219. The summed E-state index contributed by atoms with van der Waals surface area (Å²) in [4.78, 5) is 42.0. The number of morpholine rings is 1. The molecule has 13 nitrogen and oxygen atoms in total. The van der Waals surface area contributed by atoms with Gasteiger partial charge in [-0.2, -0.15) is 0 Å². The van der Waals surface area contributed by atoms with Crippen LogP contribution in [0.15, 0.2) is 36.4 Å². The third kappa shape index (κ3) is 9.86. The number of rotatable bonds is 4. The highest BCUT2D eigenvalue weighted by Crippen LogP contribution is 2.28. The second-order valence-corrected chi connectivity index (χ2v) is 13.1. The molecule has 3 fully saturated rings. The first-order valence-corrected chi connectivity index (χ1v) is 16.7. The first-order chi connectivity index (χ1) is 22.7. The molecule has 47 heavy (non-hydrogen) atoms. The lowest BCUT2D eigenvalue weighted by Gasteiger charge is -2.34. The molecule has 0 bridgehead atoms. The second-order valence-electron chi connectivity index (χ2n) is 13.1. The van der Waals surface area contributed by atoms with Crippen molar-refractivity contribution in [3.05, 3.63) is 47.7 Å². The average Bonchev–Trinajstić information content (AvgIpc) is 3.12. The second kappa shape index (κ2) is 16.4. The molecule has 3 amide bonds. The van der Waals surface area contributed by atoms with Crippen LogP contribution in [-0.2, 0) is 16.1 Å². The molecule has 4 aliphatic heterocycles. The van der Waals surface area contributed by atoms with E-state index in [1.807, 2.05) is 54.8 Å². The quantitative estimate of drug-likeness (QED) is 0.453. The number of nitrogens with zero attached hydrogens (tertiary/aromatic N) is 6. The van der Waals surface area contributed by atoms with Gasteiger partial charge in [-0.05, 0) is 44.4 Å². The number of aliphatic hydroxyl groups is 1. The van der Waals surface area contributed by atoms with Crippen LogP contribution < -0.4 is 15.5 Å². The minimum atomic E-state index is -0.387. The molecule has 0 spiro atoms. The van der Waals surface area contributed by atoms with E-state index >= 15 is 0 Å². The minimum Gasteiger partial charge on any atom is -0.444 e. The van der Waals surface area contributed by atoms with Crippen LogP contribution in [0.1, 0.15) is 38.4 Å². The molecule has 5 heterocycles. The van der Waals surface area contributed by atoms with Crippen LogP contribution >= 0.6 is 0 Å². The van der Waals surface area contributed by atoms with Gasteiger partial charge in [0, 0.05) is 90.2 Å². The van der Waals surface area contributed by atoms with Crippen molar-refractivity contribution in [2.24, 2.45) is 0 Å². The number of amides is 3. The number of piperazine rings is 2. The first-order valence-electron chi connectivity index (χ1n) is 16.7. The Bertz CT molecular complexity index is 1380. The third-order valence-corrected chi connectivity index (χ3v) is 8.38. The summed E-state index contributed by atoms with van der Waals surface area (Å²) in [5, 5.41) is 16.1. The van der Waals surface area contributed by atoms with Crippen molar-refractivity contribution >= 4 is 23.5 Å². The maximum Gasteiger partial charge on any atom is 0.410 e. The van der Waals surface area contributed by atoms with Gasteiger partial charge in [0.05, 0.1) is 25.5 Å². The van der Waals surface area contributed by atoms with Crippen LogP contribution in [0.25, 0.3) is 17.0 Å². The Balaban J connectivity index is 0.000000281. The largest absolute Gasteiger partial charge is 0.444 e. The number of ether oxygens (including phenoxy) is 2. The maximum absolute atomic E-state index is 12.9. The molecule has 0 radical (unpaired) electrons. The van der Waals surface area contributed by atoms with Crippen LogP contribution in [0, 0.1) is 0 Å². The van der Waals surface area contributed by atoms with Gasteiger partial charge < -0.3 is 44.8 Å². The lowest BCUT2D eigenvalue weighted by molar-refractivity contribution is 0.0229. The van der Waals surface area contributed by atoms with E-state index in [-0.39, 0.29) is 24.3 Å². The molecule has 6 rings (SSSR count). The molecule has 1 aromatic heterocycles. The maximum atomic E-state index is 12.9. The van der Waals surface area contributed by atoms with Gasteiger partial charge in [-0.25, -0.2) is 19.6 Å². The molecule has 13 heteroatoms. The van der Waals surface area contributed by atoms with Crippen LogP contribution in [0.2, 0.25) is 0 Å². The molecular formula is C34H50N8O5. The van der Waals surface area contributed by atoms with E-state index in [9.17, 15) is 14.7 Å². The fourth-order valence-corrected chi connectivity index (χ4v) is 5.80. The zero-order valence-electron chi connectivity index (χ0n) is 28.0. The van der Waals surface area contributed by atoms with Crippen molar-refractivity contribution in [2.45, 2.75) is 39.4 Å². The lowest BCUT2D eigenvalue weighted by atomic mass is 10.0. The Morgan fingerprint density at radius 1 is 0.894 bits per heavy atom. The summed E-state index contributed by atoms with van der Waals surface area (Å²) in [6, 6.07) is 9.91. The van der Waals surface area contributed by atoms with Gasteiger partial charge in [-0.1, -0.05) is 24.3 Å². The van der Waals surface area contributed by atoms with Crippen molar-refractivity contribution in [2.75, 3.05) is 96.7 Å². The van der Waals surface area contributed by atoms with Gasteiger partial charge in [-0.3, -0.25) is 0 Å². The van der Waals surface area contributed by atoms with Crippen LogP contribution in [0.4, 0.5) is 15.4 Å². The molecule has 4 aliphatic rings. The number of anilines is 1. The van der Waals surface area contributed by atoms with E-state index < -0.39 is 0 Å². The number of urea groups is 1. The molecule has 3 N–H and O–H groups in total. The lowest BCUT2D eigenvalue weighted by Crippen LogP contribution is -2.52. The van der Waals surface area contributed by atoms with Crippen molar-refractivity contribution in [1.82, 2.24) is 35.3 Å². The van der Waals surface area contributed by atoms with Crippen molar-refractivity contribution in [3.63, 3.8) is 0 Å². The Morgan fingerprint density at radius 2 is 1.57 bits per heavy atom. The summed E-state index contributed by atoms with van der Waals surface area (Å²) in [7, 11) is 0. The molecule has 0 saturated carbocycles. The number of nitrogens with one attached hydrogen (secondary N) is 2. The van der Waals surface area contributed by atoms with E-state index in [2.05, 4.69) is 27.7 Å². The Hall–Kier alpha value is -3.78. The number of hydrogen-bond acceptors (Lipinski definition) is 10. The summed E-state index contributed by atoms with van der Waals surface area (Å²) >= 11 is 0. The standard InChI is InChI=1S/C25H32N6O3.C9H18N2O2/c32-18-19-2-1-3-21(16-19)24-27-22(17-23(28-24)29-12-14-34-15-13-29)20-4-8-30(9-5-20)25(33)31-10-6-26-7-11-31;1-9(2,3)13-8(12)11-6-4-10-5-7-11/h1-4,16-17,26,32H,5-15,18H2;10H,4-7H2,1-3H3. The molecular weight excluding hydrogens is 600 g/mol. The highest BCUT2D eigenvalue weighted by Gasteiger charge is 2.26. The van der Waals surface area contributed by atoms with E-state index in [1.54, 1.807) is 4.90 Å². The zero-order chi connectivity index (χ0) is 33.2. The Kier molecular flexibility index (Phi) is 12.0. The summed E-state index contributed by atoms with van der Waals surface area (Å²) in [6.07, 6.45) is 2.69. The van der Waals surface area contributed by atoms with Gasteiger partial charge in [0.2, 0.25) is 0 Å². The van der Waals surface area contributed by atoms with E-state index in [0.29, 0.717) is 32.1 Å². The Labute approximate surface area is 277 Å². The molecule has 0 aliphatic carbocycles. The van der Waals surface area contributed by atoms with E-state index in [4.69, 9.17) is 19.4 Å². The van der Waals surface area contributed by atoms with Gasteiger partial charge in [0.1, 0.15) is 11.4 Å². The highest BCUT2D eigenvalue weighted by atomic mass is 16.6. The van der Waals surface area contributed by atoms with Crippen molar-refractivity contribution in [3.8, 4) is 11.4 Å². The van der Waals surface area contributed by atoms with Crippen LogP contribution in [0.5, 0.6) is 0 Å². The van der Waals surface area contributed by atoms with Crippen LogP contribution in [0.3, 0.4) is 0 Å². The molecule has 0 unspecified atom stereocenters. The summed E-state index contributed by atoms with van der Waals surface area (Å²) in [5.41, 5.74) is 3.37. The van der Waals surface area contributed by atoms with Gasteiger partial charge in [0.15, 0.2) is 5.82 Å². The molecule has 2 aromatic rings. The normalized spacial score (nSPS) is 19.0. The fraction of sp³-hybridized carbons (Fsp3) is 0.588. The average molecular weight is 651 g/mol. The highest BCUT2D eigenvalue weighted by molar-refractivity contribution is 5.77. The number of carbonyl (C=O) groups excluding carboxylic acids is 2. The van der Waals surface area contributed by atoms with E-state index in [0.717, 1.165) is 100 Å². The molecule has 0 atom stereocenters. The number of benzene rings is 1. The Morgan fingerprint density at radius 3 is 2.19 bits per heavy atom. The summed E-state index contributed by atoms with van der Waals surface area (Å²) in [5.74, 6) is 1.53. The number of aliphatic hydroxyl groups excluding tert-OH is 1. The summed E-state index contributed by atoms with van der Waals surface area (Å²) < 4.78 is 10.8. The van der Waals surface area contributed by atoms with Gasteiger partial charge in [-0.15, -0.1) is 0 Å². The number of carbonyl (C=O) groups is 2. The van der Waals surface area contributed by atoms with Crippen molar-refractivity contribution in [1.29, 1.82) is 0 Å². The van der Waals surface area contributed by atoms with Crippen molar-refractivity contribution < 1.29 is 24.2 Å². The van der Waals surface area contributed by atoms with Gasteiger partial charge >= 0.3 is 12.1 Å². The molecule has 3 saturated heterocycles. The van der Waals surface area contributed by atoms with E-state index in [1.165, 1.54) is 0 Å². The molecule has 256 valence electrons. The fourth-order valence-electron chi connectivity index (χ4n) is 5.80. The SMILES string of the molecule is CC(C)(C)OC(=O)N1CCNCC1.O=C(N1CC=C(c2cc(N3CCOCC3)nc(-c3cccc(CO)c3)n2)CC1)N1CCNCC1. The predicted molar refractivity (Wildman–Crippen MR) is 181 cm³/mol. The monoisotopic (exact) mass is 650 g/mol. The predicted octanol–water partition coefficient (Wildman–Crippen LogP) is 2.41. The zero-order valence-corrected chi connectivity index (χ0v) is 28.0. The van der Waals surface area contributed by atoms with Gasteiger partial charge in [0.25, 0.3) is 0 Å². The third-order valence-electron chi connectivity index (χ3n) is 8.38.